The van der Waals surface area contributed by atoms with Crippen molar-refractivity contribution in [1.82, 2.24) is 0 Å². The van der Waals surface area contributed by atoms with E-state index in [1.807, 2.05) is 36.4 Å². The molecule has 0 aromatic heterocycles. The maximum atomic E-state index is 8.79. The SMILES string of the molecule is N#Cc1cccc(COCCc2ccccc2)c1. The summed E-state index contributed by atoms with van der Waals surface area (Å²) in [6.45, 7) is 1.25. The highest BCUT2D eigenvalue weighted by molar-refractivity contribution is 5.32. The van der Waals surface area contributed by atoms with Gasteiger partial charge in [0.05, 0.1) is 24.8 Å². The number of ether oxygens (including phenoxy) is 1. The Bertz CT molecular complexity index is 528. The van der Waals surface area contributed by atoms with Crippen LogP contribution in [0.1, 0.15) is 16.7 Å². The largest absolute Gasteiger partial charge is 0.376 e. The van der Waals surface area contributed by atoms with Gasteiger partial charge in [0.1, 0.15) is 0 Å². The Hall–Kier alpha value is -2.11. The van der Waals surface area contributed by atoms with Crippen molar-refractivity contribution in [2.45, 2.75) is 13.0 Å². The van der Waals surface area contributed by atoms with Gasteiger partial charge in [-0.15, -0.1) is 0 Å². The summed E-state index contributed by atoms with van der Waals surface area (Å²) < 4.78 is 5.61. The summed E-state index contributed by atoms with van der Waals surface area (Å²) in [6.07, 6.45) is 0.915. The molecule has 0 saturated carbocycles. The van der Waals surface area contributed by atoms with Crippen LogP contribution in [0.15, 0.2) is 54.6 Å². The van der Waals surface area contributed by atoms with E-state index in [0.29, 0.717) is 18.8 Å². The van der Waals surface area contributed by atoms with E-state index < -0.39 is 0 Å². The van der Waals surface area contributed by atoms with Gasteiger partial charge in [0.15, 0.2) is 0 Å². The van der Waals surface area contributed by atoms with Crippen molar-refractivity contribution in [2.24, 2.45) is 0 Å². The first-order valence-electron chi connectivity index (χ1n) is 5.99. The molecule has 0 bridgehead atoms. The first-order valence-corrected chi connectivity index (χ1v) is 5.99. The summed E-state index contributed by atoms with van der Waals surface area (Å²) in [5.74, 6) is 0. The monoisotopic (exact) mass is 237 g/mol. The minimum Gasteiger partial charge on any atom is -0.376 e. The average molecular weight is 237 g/mol. The van der Waals surface area contributed by atoms with Crippen molar-refractivity contribution in [3.05, 3.63) is 71.3 Å². The van der Waals surface area contributed by atoms with E-state index in [0.717, 1.165) is 12.0 Å². The molecule has 0 N–H and O–H groups in total. The molecule has 2 aromatic rings. The van der Waals surface area contributed by atoms with Crippen molar-refractivity contribution in [1.29, 1.82) is 5.26 Å². The van der Waals surface area contributed by atoms with E-state index in [1.54, 1.807) is 6.07 Å². The summed E-state index contributed by atoms with van der Waals surface area (Å²) >= 11 is 0. The number of nitriles is 1. The Morgan fingerprint density at radius 3 is 2.50 bits per heavy atom. The molecule has 0 aliphatic carbocycles. The molecule has 90 valence electrons. The van der Waals surface area contributed by atoms with E-state index in [9.17, 15) is 0 Å². The Morgan fingerprint density at radius 2 is 1.72 bits per heavy atom. The van der Waals surface area contributed by atoms with Crippen LogP contribution in [0.5, 0.6) is 0 Å². The van der Waals surface area contributed by atoms with Crippen molar-refractivity contribution in [3.8, 4) is 6.07 Å². The molecule has 0 aliphatic heterocycles. The van der Waals surface area contributed by atoms with Gasteiger partial charge in [-0.05, 0) is 29.7 Å². The van der Waals surface area contributed by atoms with Crippen molar-refractivity contribution < 1.29 is 4.74 Å². The Kier molecular flexibility index (Phi) is 4.52. The lowest BCUT2D eigenvalue weighted by atomic mass is 10.1. The van der Waals surface area contributed by atoms with Crippen LogP contribution in [0, 0.1) is 11.3 Å². The molecule has 0 fully saturated rings. The topological polar surface area (TPSA) is 33.0 Å². The van der Waals surface area contributed by atoms with Gasteiger partial charge >= 0.3 is 0 Å². The molecule has 18 heavy (non-hydrogen) atoms. The van der Waals surface area contributed by atoms with Crippen molar-refractivity contribution in [3.63, 3.8) is 0 Å². The van der Waals surface area contributed by atoms with Crippen LogP contribution in [0.25, 0.3) is 0 Å². The molecule has 0 unspecified atom stereocenters. The molecule has 2 heteroatoms. The van der Waals surface area contributed by atoms with Crippen LogP contribution in [0.2, 0.25) is 0 Å². The molecule has 2 aromatic carbocycles. The van der Waals surface area contributed by atoms with Gasteiger partial charge in [0.2, 0.25) is 0 Å². The zero-order chi connectivity index (χ0) is 12.6. The lowest BCUT2D eigenvalue weighted by molar-refractivity contribution is 0.124. The van der Waals surface area contributed by atoms with Crippen LogP contribution < -0.4 is 0 Å². The summed E-state index contributed by atoms with van der Waals surface area (Å²) in [5.41, 5.74) is 3.00. The predicted octanol–water partition coefficient (Wildman–Crippen LogP) is 3.32. The minimum atomic E-state index is 0.558. The van der Waals surface area contributed by atoms with Gasteiger partial charge in [-0.25, -0.2) is 0 Å². The Balaban J connectivity index is 1.77. The van der Waals surface area contributed by atoms with Gasteiger partial charge in [-0.2, -0.15) is 5.26 Å². The molecule has 0 aliphatic rings. The highest BCUT2D eigenvalue weighted by Crippen LogP contribution is 2.06. The molecule has 0 radical (unpaired) electrons. The standard InChI is InChI=1S/C16H15NO/c17-12-15-7-4-8-16(11-15)13-18-10-9-14-5-2-1-3-6-14/h1-8,11H,9-10,13H2. The molecule has 2 nitrogen and oxygen atoms in total. The van der Waals surface area contributed by atoms with E-state index in [-0.39, 0.29) is 0 Å². The van der Waals surface area contributed by atoms with Gasteiger partial charge in [0, 0.05) is 0 Å². The molecule has 2 rings (SSSR count). The lowest BCUT2D eigenvalue weighted by Crippen LogP contribution is -1.99. The summed E-state index contributed by atoms with van der Waals surface area (Å²) in [7, 11) is 0. The van der Waals surface area contributed by atoms with Gasteiger partial charge in [-0.3, -0.25) is 0 Å². The first kappa shape index (κ1) is 12.3. The molecule has 0 atom stereocenters. The zero-order valence-electron chi connectivity index (χ0n) is 10.2. The molecule has 0 spiro atoms. The lowest BCUT2D eigenvalue weighted by Gasteiger charge is -2.05. The quantitative estimate of drug-likeness (QED) is 0.747. The summed E-state index contributed by atoms with van der Waals surface area (Å²) in [5, 5.41) is 8.79. The third-order valence-electron chi connectivity index (χ3n) is 2.70. The number of benzene rings is 2. The molecule has 0 heterocycles. The molecule has 0 saturated heterocycles. The Morgan fingerprint density at radius 1 is 0.944 bits per heavy atom. The highest BCUT2D eigenvalue weighted by atomic mass is 16.5. The number of nitrogens with zero attached hydrogens (tertiary/aromatic N) is 1. The third kappa shape index (κ3) is 3.73. The second kappa shape index (κ2) is 6.58. The second-order valence-corrected chi connectivity index (χ2v) is 4.10. The number of rotatable bonds is 5. The number of hydrogen-bond acceptors (Lipinski definition) is 2. The van der Waals surface area contributed by atoms with Crippen LogP contribution >= 0.6 is 0 Å². The number of hydrogen-bond donors (Lipinski definition) is 0. The maximum absolute atomic E-state index is 8.79. The predicted molar refractivity (Wildman–Crippen MR) is 71.0 cm³/mol. The molecular weight excluding hydrogens is 222 g/mol. The molecule has 0 amide bonds. The van der Waals surface area contributed by atoms with Gasteiger partial charge in [-0.1, -0.05) is 42.5 Å². The van der Waals surface area contributed by atoms with Crippen LogP contribution in [-0.2, 0) is 17.8 Å². The minimum absolute atomic E-state index is 0.558. The third-order valence-corrected chi connectivity index (χ3v) is 2.70. The first-order chi connectivity index (χ1) is 8.88. The van der Waals surface area contributed by atoms with E-state index in [4.69, 9.17) is 10.00 Å². The maximum Gasteiger partial charge on any atom is 0.0991 e. The Labute approximate surface area is 107 Å². The van der Waals surface area contributed by atoms with Crippen molar-refractivity contribution in [2.75, 3.05) is 6.61 Å². The van der Waals surface area contributed by atoms with Gasteiger partial charge < -0.3 is 4.74 Å². The summed E-state index contributed by atoms with van der Waals surface area (Å²) in [6, 6.07) is 19.9. The van der Waals surface area contributed by atoms with Gasteiger partial charge in [0.25, 0.3) is 0 Å². The fourth-order valence-corrected chi connectivity index (χ4v) is 1.76. The fraction of sp³-hybridized carbons (Fsp3) is 0.188. The average Bonchev–Trinajstić information content (AvgIpc) is 2.45. The van der Waals surface area contributed by atoms with E-state index in [2.05, 4.69) is 18.2 Å². The van der Waals surface area contributed by atoms with Crippen molar-refractivity contribution >= 4 is 0 Å². The highest BCUT2D eigenvalue weighted by Gasteiger charge is 1.96. The molecular formula is C16H15NO. The van der Waals surface area contributed by atoms with E-state index in [1.165, 1.54) is 5.56 Å². The second-order valence-electron chi connectivity index (χ2n) is 4.10. The van der Waals surface area contributed by atoms with E-state index >= 15 is 0 Å². The normalized spacial score (nSPS) is 9.94. The van der Waals surface area contributed by atoms with Crippen LogP contribution in [0.3, 0.4) is 0 Å². The van der Waals surface area contributed by atoms with Crippen LogP contribution in [0.4, 0.5) is 0 Å². The van der Waals surface area contributed by atoms with Crippen LogP contribution in [-0.4, -0.2) is 6.61 Å². The fourth-order valence-electron chi connectivity index (χ4n) is 1.76. The zero-order valence-corrected chi connectivity index (χ0v) is 10.2. The summed E-state index contributed by atoms with van der Waals surface area (Å²) in [4.78, 5) is 0. The smallest absolute Gasteiger partial charge is 0.0991 e.